The molecule has 0 saturated carbocycles. The first kappa shape index (κ1) is 13.5. The van der Waals surface area contributed by atoms with Crippen molar-refractivity contribution in [2.45, 2.75) is 51.6 Å². The van der Waals surface area contributed by atoms with E-state index in [0.717, 1.165) is 38.8 Å². The summed E-state index contributed by atoms with van der Waals surface area (Å²) in [6.07, 6.45) is 3.71. The van der Waals surface area contributed by atoms with Crippen molar-refractivity contribution in [3.05, 3.63) is 0 Å². The molecule has 0 aromatic heterocycles. The van der Waals surface area contributed by atoms with Crippen LogP contribution in [0.5, 0.6) is 0 Å². The zero-order chi connectivity index (χ0) is 12.0. The van der Waals surface area contributed by atoms with Crippen LogP contribution in [0.25, 0.3) is 0 Å². The second-order valence-electron chi connectivity index (χ2n) is 4.77. The van der Waals surface area contributed by atoms with E-state index in [1.807, 2.05) is 4.90 Å². The molecule has 1 unspecified atom stereocenters. The number of nitrogens with zero attached hydrogens (tertiary/aromatic N) is 1. The van der Waals surface area contributed by atoms with Gasteiger partial charge in [0.2, 0.25) is 5.91 Å². The maximum Gasteiger partial charge on any atom is 0.239 e. The zero-order valence-electron chi connectivity index (χ0n) is 10.4. The lowest BCUT2D eigenvalue weighted by Crippen LogP contribution is -2.52. The Morgan fingerprint density at radius 3 is 2.88 bits per heavy atom. The van der Waals surface area contributed by atoms with E-state index in [0.29, 0.717) is 6.04 Å². The first-order valence-corrected chi connectivity index (χ1v) is 6.31. The molecule has 1 aliphatic rings. The monoisotopic (exact) mass is 228 g/mol. The molecule has 0 spiro atoms. The molecule has 0 radical (unpaired) electrons. The van der Waals surface area contributed by atoms with E-state index in [1.165, 1.54) is 0 Å². The van der Waals surface area contributed by atoms with Crippen molar-refractivity contribution in [2.75, 3.05) is 19.7 Å². The smallest absolute Gasteiger partial charge is 0.239 e. The van der Waals surface area contributed by atoms with E-state index in [4.69, 9.17) is 5.11 Å². The highest BCUT2D eigenvalue weighted by Crippen LogP contribution is 2.13. The van der Waals surface area contributed by atoms with Gasteiger partial charge in [-0.2, -0.15) is 0 Å². The summed E-state index contributed by atoms with van der Waals surface area (Å²) in [7, 11) is 0. The normalized spacial score (nSPS) is 21.9. The van der Waals surface area contributed by atoms with Crippen LogP contribution in [0, 0.1) is 0 Å². The molecule has 1 fully saturated rings. The molecule has 4 nitrogen and oxygen atoms in total. The fraction of sp³-hybridized carbons (Fsp3) is 0.917. The van der Waals surface area contributed by atoms with Crippen LogP contribution in [0.3, 0.4) is 0 Å². The van der Waals surface area contributed by atoms with Crippen molar-refractivity contribution in [1.82, 2.24) is 10.2 Å². The fourth-order valence-electron chi connectivity index (χ4n) is 2.13. The Bertz CT molecular complexity index is 219. The predicted molar refractivity (Wildman–Crippen MR) is 64.2 cm³/mol. The lowest BCUT2D eigenvalue weighted by molar-refractivity contribution is -0.136. The Kier molecular flexibility index (Phi) is 5.77. The van der Waals surface area contributed by atoms with Gasteiger partial charge in [0.1, 0.15) is 0 Å². The third-order valence-electron chi connectivity index (χ3n) is 2.90. The molecule has 1 saturated heterocycles. The average Bonchev–Trinajstić information content (AvgIpc) is 2.23. The molecule has 1 aliphatic heterocycles. The lowest BCUT2D eigenvalue weighted by Gasteiger charge is -2.33. The molecule has 0 bridgehead atoms. The number of rotatable bonds is 6. The van der Waals surface area contributed by atoms with Gasteiger partial charge in [-0.15, -0.1) is 0 Å². The average molecular weight is 228 g/mol. The first-order valence-electron chi connectivity index (χ1n) is 6.31. The maximum absolute atomic E-state index is 12.1. The fourth-order valence-corrected chi connectivity index (χ4v) is 2.13. The number of piperidine rings is 1. The molecular weight excluding hydrogens is 204 g/mol. The van der Waals surface area contributed by atoms with Crippen LogP contribution in [-0.2, 0) is 4.79 Å². The van der Waals surface area contributed by atoms with Gasteiger partial charge in [0, 0.05) is 25.7 Å². The highest BCUT2D eigenvalue weighted by atomic mass is 16.3. The van der Waals surface area contributed by atoms with Crippen molar-refractivity contribution in [3.8, 4) is 0 Å². The summed E-state index contributed by atoms with van der Waals surface area (Å²) in [4.78, 5) is 14.0. The minimum atomic E-state index is 0.00266. The van der Waals surface area contributed by atoms with E-state index in [2.05, 4.69) is 19.2 Å². The van der Waals surface area contributed by atoms with Gasteiger partial charge in [0.05, 0.1) is 6.04 Å². The van der Waals surface area contributed by atoms with Crippen LogP contribution in [0.1, 0.15) is 39.5 Å². The van der Waals surface area contributed by atoms with Gasteiger partial charge in [0.15, 0.2) is 0 Å². The quantitative estimate of drug-likeness (QED) is 0.660. The highest BCUT2D eigenvalue weighted by molar-refractivity contribution is 5.82. The Morgan fingerprint density at radius 1 is 1.50 bits per heavy atom. The molecule has 0 aromatic carbocycles. The largest absolute Gasteiger partial charge is 0.396 e. The number of amides is 1. The number of hydrogen-bond acceptors (Lipinski definition) is 3. The topological polar surface area (TPSA) is 52.6 Å². The number of likely N-dealkylation sites (tertiary alicyclic amines) is 1. The highest BCUT2D eigenvalue weighted by Gasteiger charge is 2.28. The third kappa shape index (κ3) is 4.10. The predicted octanol–water partition coefficient (Wildman–Crippen LogP) is 0.748. The van der Waals surface area contributed by atoms with E-state index in [-0.39, 0.29) is 18.6 Å². The number of unbranched alkanes of at least 4 members (excludes halogenated alkanes) is 1. The van der Waals surface area contributed by atoms with Gasteiger partial charge in [0.25, 0.3) is 0 Å². The second kappa shape index (κ2) is 6.86. The summed E-state index contributed by atoms with van der Waals surface area (Å²) in [5, 5.41) is 12.0. The summed E-state index contributed by atoms with van der Waals surface area (Å²) in [6, 6.07) is 0.356. The van der Waals surface area contributed by atoms with E-state index in [9.17, 15) is 4.79 Å². The second-order valence-corrected chi connectivity index (χ2v) is 4.77. The van der Waals surface area contributed by atoms with Crippen LogP contribution in [0.2, 0.25) is 0 Å². The number of aliphatic hydroxyl groups is 1. The number of carbonyl (C=O) groups excluding carboxylic acids is 1. The molecule has 1 heterocycles. The number of hydrogen-bond donors (Lipinski definition) is 2. The summed E-state index contributed by atoms with van der Waals surface area (Å²) in [6.45, 7) is 6.02. The third-order valence-corrected chi connectivity index (χ3v) is 2.90. The minimum absolute atomic E-state index is 0.00266. The molecule has 2 N–H and O–H groups in total. The number of nitrogens with one attached hydrogen (secondary N) is 1. The van der Waals surface area contributed by atoms with Crippen LogP contribution in [0.4, 0.5) is 0 Å². The first-order chi connectivity index (χ1) is 7.65. The number of carbonyl (C=O) groups is 1. The van der Waals surface area contributed by atoms with Crippen molar-refractivity contribution in [2.24, 2.45) is 0 Å². The van der Waals surface area contributed by atoms with Crippen molar-refractivity contribution in [3.63, 3.8) is 0 Å². The van der Waals surface area contributed by atoms with Crippen molar-refractivity contribution in [1.29, 1.82) is 0 Å². The zero-order valence-corrected chi connectivity index (χ0v) is 10.4. The van der Waals surface area contributed by atoms with Crippen LogP contribution in [-0.4, -0.2) is 47.7 Å². The van der Waals surface area contributed by atoms with Crippen molar-refractivity contribution < 1.29 is 9.90 Å². The Balaban J connectivity index is 2.38. The standard InChI is InChI=1S/C12H24N2O2/c1-10(2)13-11-6-5-8-14(12(11)16)7-3-4-9-15/h10-11,13,15H,3-9H2,1-2H3. The van der Waals surface area contributed by atoms with Crippen LogP contribution < -0.4 is 5.32 Å². The summed E-state index contributed by atoms with van der Waals surface area (Å²) in [5.41, 5.74) is 0. The van der Waals surface area contributed by atoms with Crippen molar-refractivity contribution >= 4 is 5.91 Å². The minimum Gasteiger partial charge on any atom is -0.396 e. The number of aliphatic hydroxyl groups excluding tert-OH is 1. The van der Waals surface area contributed by atoms with E-state index >= 15 is 0 Å². The molecule has 0 aliphatic carbocycles. The molecule has 4 heteroatoms. The van der Waals surface area contributed by atoms with Crippen LogP contribution in [0.15, 0.2) is 0 Å². The van der Waals surface area contributed by atoms with Gasteiger partial charge >= 0.3 is 0 Å². The molecule has 16 heavy (non-hydrogen) atoms. The Hall–Kier alpha value is -0.610. The van der Waals surface area contributed by atoms with E-state index in [1.54, 1.807) is 0 Å². The van der Waals surface area contributed by atoms with E-state index < -0.39 is 0 Å². The lowest BCUT2D eigenvalue weighted by atomic mass is 10.0. The SMILES string of the molecule is CC(C)NC1CCCN(CCCCO)C1=O. The van der Waals surface area contributed by atoms with Crippen LogP contribution >= 0.6 is 0 Å². The van der Waals surface area contributed by atoms with Gasteiger partial charge in [-0.25, -0.2) is 0 Å². The Morgan fingerprint density at radius 2 is 2.25 bits per heavy atom. The molecule has 94 valence electrons. The Labute approximate surface area is 98.0 Å². The maximum atomic E-state index is 12.1. The van der Waals surface area contributed by atoms with Gasteiger partial charge in [-0.05, 0) is 25.7 Å². The summed E-state index contributed by atoms with van der Waals surface area (Å²) >= 11 is 0. The van der Waals surface area contributed by atoms with Gasteiger partial charge in [-0.1, -0.05) is 13.8 Å². The molecule has 1 atom stereocenters. The molecule has 1 rings (SSSR count). The van der Waals surface area contributed by atoms with Gasteiger partial charge < -0.3 is 15.3 Å². The summed E-state index contributed by atoms with van der Waals surface area (Å²) < 4.78 is 0. The van der Waals surface area contributed by atoms with Gasteiger partial charge in [-0.3, -0.25) is 4.79 Å². The molecular formula is C12H24N2O2. The molecule has 1 amide bonds. The molecule has 0 aromatic rings. The summed E-state index contributed by atoms with van der Waals surface area (Å²) in [5.74, 6) is 0.234.